The van der Waals surface area contributed by atoms with Crippen LogP contribution in [0.3, 0.4) is 0 Å². The van der Waals surface area contributed by atoms with Gasteiger partial charge in [0.2, 0.25) is 0 Å². The largest absolute Gasteiger partial charge is 0.313 e. The molecule has 1 unspecified atom stereocenters. The minimum Gasteiger partial charge on any atom is -0.313 e. The predicted molar refractivity (Wildman–Crippen MR) is 108 cm³/mol. The van der Waals surface area contributed by atoms with Crippen LogP contribution >= 0.6 is 0 Å². The lowest BCUT2D eigenvalue weighted by Gasteiger charge is -2.36. The lowest BCUT2D eigenvalue weighted by molar-refractivity contribution is 0.152. The Morgan fingerprint density at radius 1 is 1.16 bits per heavy atom. The zero-order valence-corrected chi connectivity index (χ0v) is 15.4. The van der Waals surface area contributed by atoms with Gasteiger partial charge >= 0.3 is 0 Å². The van der Waals surface area contributed by atoms with Crippen molar-refractivity contribution in [3.05, 3.63) is 72.4 Å². The zero-order valence-electron chi connectivity index (χ0n) is 15.4. The Morgan fingerprint density at radius 3 is 2.60 bits per heavy atom. The van der Waals surface area contributed by atoms with Crippen molar-refractivity contribution in [2.45, 2.75) is 50.6 Å². The first-order valence-corrected chi connectivity index (χ1v) is 9.78. The van der Waals surface area contributed by atoms with Crippen molar-refractivity contribution in [3.8, 4) is 0 Å². The molecule has 2 heteroatoms. The van der Waals surface area contributed by atoms with E-state index in [1.807, 2.05) is 12.2 Å². The number of hydrogen-bond donors (Lipinski definition) is 1. The molecule has 1 heterocycles. The number of allylic oxidation sites excluding steroid dienone is 2. The molecule has 2 aliphatic rings. The molecule has 1 fully saturated rings. The summed E-state index contributed by atoms with van der Waals surface area (Å²) < 4.78 is 0. The van der Waals surface area contributed by atoms with Crippen molar-refractivity contribution in [3.63, 3.8) is 0 Å². The van der Waals surface area contributed by atoms with Crippen molar-refractivity contribution in [2.24, 2.45) is 0 Å². The third-order valence-corrected chi connectivity index (χ3v) is 5.69. The lowest BCUT2D eigenvalue weighted by Crippen LogP contribution is -2.43. The second kappa shape index (κ2) is 9.17. The number of benzene rings is 1. The molecule has 25 heavy (non-hydrogen) atoms. The zero-order chi connectivity index (χ0) is 17.5. The molecule has 1 atom stereocenters. The molecule has 1 aliphatic heterocycles. The Balaban J connectivity index is 1.47. The van der Waals surface area contributed by atoms with Gasteiger partial charge in [0.05, 0.1) is 0 Å². The second-order valence-electron chi connectivity index (χ2n) is 7.42. The Labute approximate surface area is 153 Å². The van der Waals surface area contributed by atoms with Crippen molar-refractivity contribution >= 4 is 0 Å². The Morgan fingerprint density at radius 2 is 1.92 bits per heavy atom. The molecule has 1 aliphatic carbocycles. The first-order chi connectivity index (χ1) is 12.3. The molecule has 3 rings (SSSR count). The SMILES string of the molecule is C=C/C=C(\C=C)CN1CCCCC1CCNC1Cc2ccccc2C1. The van der Waals surface area contributed by atoms with Gasteiger partial charge in [-0.3, -0.25) is 4.90 Å². The van der Waals surface area contributed by atoms with Gasteiger partial charge in [-0.15, -0.1) is 0 Å². The molecule has 0 aromatic heterocycles. The van der Waals surface area contributed by atoms with Crippen LogP contribution in [0.5, 0.6) is 0 Å². The maximum Gasteiger partial charge on any atom is 0.0236 e. The van der Waals surface area contributed by atoms with Crippen LogP contribution in [0.25, 0.3) is 0 Å². The van der Waals surface area contributed by atoms with Gasteiger partial charge in [0, 0.05) is 18.6 Å². The predicted octanol–water partition coefficient (Wildman–Crippen LogP) is 4.29. The summed E-state index contributed by atoms with van der Waals surface area (Å²) in [6, 6.07) is 10.2. The van der Waals surface area contributed by atoms with Gasteiger partial charge in [0.15, 0.2) is 0 Å². The molecule has 0 spiro atoms. The Hall–Kier alpha value is -1.64. The van der Waals surface area contributed by atoms with E-state index >= 15 is 0 Å². The monoisotopic (exact) mass is 336 g/mol. The summed E-state index contributed by atoms with van der Waals surface area (Å²) in [5, 5.41) is 3.81. The standard InChI is InChI=1S/C23H32N2/c1-3-9-19(4-2)18-25-15-8-7-12-23(25)13-14-24-22-16-20-10-5-6-11-21(20)17-22/h3-6,9-11,22-24H,1-2,7-8,12-18H2/b19-9+. The Kier molecular flexibility index (Phi) is 6.66. The molecular formula is C23H32N2. The topological polar surface area (TPSA) is 15.3 Å². The van der Waals surface area contributed by atoms with Crippen molar-refractivity contribution in [1.82, 2.24) is 10.2 Å². The van der Waals surface area contributed by atoms with E-state index in [0.29, 0.717) is 12.1 Å². The number of fused-ring (bicyclic) bond motifs is 1. The highest BCUT2D eigenvalue weighted by molar-refractivity contribution is 5.33. The maximum absolute atomic E-state index is 3.95. The third-order valence-electron chi connectivity index (χ3n) is 5.69. The number of likely N-dealkylation sites (tertiary alicyclic amines) is 1. The number of hydrogen-bond acceptors (Lipinski definition) is 2. The van der Waals surface area contributed by atoms with E-state index in [4.69, 9.17) is 0 Å². The number of nitrogens with zero attached hydrogens (tertiary/aromatic N) is 1. The van der Waals surface area contributed by atoms with Gasteiger partial charge in [-0.05, 0) is 61.9 Å². The minimum absolute atomic E-state index is 0.624. The number of rotatable bonds is 8. The van der Waals surface area contributed by atoms with Gasteiger partial charge < -0.3 is 5.32 Å². The average Bonchev–Trinajstić information content (AvgIpc) is 3.05. The van der Waals surface area contributed by atoms with Crippen LogP contribution in [0.15, 0.2) is 61.2 Å². The fraction of sp³-hybridized carbons (Fsp3) is 0.478. The minimum atomic E-state index is 0.624. The van der Waals surface area contributed by atoms with Gasteiger partial charge in [-0.1, -0.05) is 62.1 Å². The quantitative estimate of drug-likeness (QED) is 0.713. The Bertz CT molecular complexity index is 591. The second-order valence-corrected chi connectivity index (χ2v) is 7.42. The normalized spacial score (nSPS) is 21.9. The van der Waals surface area contributed by atoms with Crippen LogP contribution in [0.1, 0.15) is 36.8 Å². The third kappa shape index (κ3) is 4.93. The highest BCUT2D eigenvalue weighted by atomic mass is 15.2. The van der Waals surface area contributed by atoms with Crippen LogP contribution in [-0.2, 0) is 12.8 Å². The van der Waals surface area contributed by atoms with Crippen LogP contribution in [0, 0.1) is 0 Å². The number of nitrogens with one attached hydrogen (secondary N) is 1. The summed E-state index contributed by atoms with van der Waals surface area (Å²) in [5.41, 5.74) is 4.34. The first kappa shape index (κ1) is 18.2. The van der Waals surface area contributed by atoms with Gasteiger partial charge in [-0.25, -0.2) is 0 Å². The van der Waals surface area contributed by atoms with Crippen LogP contribution in [0.2, 0.25) is 0 Å². The van der Waals surface area contributed by atoms with Crippen molar-refractivity contribution in [1.29, 1.82) is 0 Å². The molecule has 0 bridgehead atoms. The van der Waals surface area contributed by atoms with E-state index in [9.17, 15) is 0 Å². The van der Waals surface area contributed by atoms with Crippen LogP contribution in [0.4, 0.5) is 0 Å². The van der Waals surface area contributed by atoms with Crippen molar-refractivity contribution in [2.75, 3.05) is 19.6 Å². The van der Waals surface area contributed by atoms with Gasteiger partial charge in [0.1, 0.15) is 0 Å². The molecule has 1 aromatic rings. The van der Waals surface area contributed by atoms with E-state index in [1.54, 1.807) is 0 Å². The summed E-state index contributed by atoms with van der Waals surface area (Å²) in [5.74, 6) is 0. The average molecular weight is 337 g/mol. The summed E-state index contributed by atoms with van der Waals surface area (Å²) in [7, 11) is 0. The number of piperidine rings is 1. The van der Waals surface area contributed by atoms with E-state index in [0.717, 1.165) is 13.1 Å². The van der Waals surface area contributed by atoms with E-state index in [2.05, 4.69) is 53.7 Å². The molecule has 1 aromatic carbocycles. The summed E-state index contributed by atoms with van der Waals surface area (Å²) in [6.07, 6.45) is 13.6. The van der Waals surface area contributed by atoms with E-state index < -0.39 is 0 Å². The molecule has 134 valence electrons. The lowest BCUT2D eigenvalue weighted by atomic mass is 9.98. The van der Waals surface area contributed by atoms with E-state index in [1.165, 1.54) is 61.8 Å². The molecule has 0 saturated carbocycles. The summed E-state index contributed by atoms with van der Waals surface area (Å²) in [4.78, 5) is 2.64. The van der Waals surface area contributed by atoms with Gasteiger partial charge in [0.25, 0.3) is 0 Å². The van der Waals surface area contributed by atoms with Crippen LogP contribution < -0.4 is 5.32 Å². The molecule has 1 N–H and O–H groups in total. The van der Waals surface area contributed by atoms with E-state index in [-0.39, 0.29) is 0 Å². The highest BCUT2D eigenvalue weighted by Gasteiger charge is 2.24. The molecular weight excluding hydrogens is 304 g/mol. The molecule has 2 nitrogen and oxygen atoms in total. The summed E-state index contributed by atoms with van der Waals surface area (Å²) >= 11 is 0. The smallest absolute Gasteiger partial charge is 0.0236 e. The first-order valence-electron chi connectivity index (χ1n) is 9.78. The molecule has 0 radical (unpaired) electrons. The van der Waals surface area contributed by atoms with Crippen molar-refractivity contribution < 1.29 is 0 Å². The van der Waals surface area contributed by atoms with Crippen LogP contribution in [-0.4, -0.2) is 36.6 Å². The fourth-order valence-corrected chi connectivity index (χ4v) is 4.32. The molecule has 0 amide bonds. The fourth-order valence-electron chi connectivity index (χ4n) is 4.32. The molecule has 1 saturated heterocycles. The van der Waals surface area contributed by atoms with Gasteiger partial charge in [-0.2, -0.15) is 0 Å². The highest BCUT2D eigenvalue weighted by Crippen LogP contribution is 2.23. The maximum atomic E-state index is 3.95. The summed E-state index contributed by atoms with van der Waals surface area (Å²) in [6.45, 7) is 11.1.